The zero-order chi connectivity index (χ0) is 15.8. The molecule has 0 aliphatic heterocycles. The Balaban J connectivity index is 1.61. The first kappa shape index (κ1) is 16.1. The Bertz CT molecular complexity index is 518. The van der Waals surface area contributed by atoms with Gasteiger partial charge in [0.25, 0.3) is 0 Å². The van der Waals surface area contributed by atoms with Crippen molar-refractivity contribution in [3.8, 4) is 0 Å². The van der Waals surface area contributed by atoms with Crippen molar-refractivity contribution in [2.24, 2.45) is 0 Å². The Morgan fingerprint density at radius 1 is 1.18 bits per heavy atom. The summed E-state index contributed by atoms with van der Waals surface area (Å²) in [4.78, 5) is 23.3. The predicted molar refractivity (Wildman–Crippen MR) is 84.2 cm³/mol. The summed E-state index contributed by atoms with van der Waals surface area (Å²) >= 11 is 0. The summed E-state index contributed by atoms with van der Waals surface area (Å²) in [6, 6.07) is 9.58. The van der Waals surface area contributed by atoms with Crippen LogP contribution in [0.5, 0.6) is 0 Å². The number of rotatable bonds is 5. The number of allylic oxidation sites excluding steroid dienone is 1. The van der Waals surface area contributed by atoms with Gasteiger partial charge in [0.2, 0.25) is 5.91 Å². The molecule has 1 fully saturated rings. The monoisotopic (exact) mass is 302 g/mol. The van der Waals surface area contributed by atoms with Gasteiger partial charge in [0.05, 0.1) is 0 Å². The van der Waals surface area contributed by atoms with Gasteiger partial charge in [-0.1, -0.05) is 42.5 Å². The van der Waals surface area contributed by atoms with Gasteiger partial charge in [-0.15, -0.1) is 0 Å². The Hall–Kier alpha value is -2.30. The molecule has 0 unspecified atom stereocenters. The molecule has 1 aliphatic rings. The van der Waals surface area contributed by atoms with E-state index in [0.717, 1.165) is 31.2 Å². The summed E-state index contributed by atoms with van der Waals surface area (Å²) in [5.41, 5.74) is 2.15. The molecule has 1 aromatic rings. The molecule has 5 heteroatoms. The largest absolute Gasteiger partial charge is 0.445 e. The van der Waals surface area contributed by atoms with Gasteiger partial charge in [0, 0.05) is 6.04 Å². The van der Waals surface area contributed by atoms with E-state index in [9.17, 15) is 9.59 Å². The third-order valence-electron chi connectivity index (χ3n) is 3.66. The van der Waals surface area contributed by atoms with Crippen LogP contribution in [0.15, 0.2) is 42.5 Å². The summed E-state index contributed by atoms with van der Waals surface area (Å²) in [6.07, 6.45) is 3.16. The molecule has 0 aromatic heterocycles. The van der Waals surface area contributed by atoms with Gasteiger partial charge in [-0.3, -0.25) is 4.79 Å². The molecule has 0 spiro atoms. The van der Waals surface area contributed by atoms with Gasteiger partial charge in [-0.25, -0.2) is 4.79 Å². The van der Waals surface area contributed by atoms with Gasteiger partial charge in [-0.2, -0.15) is 0 Å². The van der Waals surface area contributed by atoms with Crippen LogP contribution in [-0.4, -0.2) is 24.6 Å². The van der Waals surface area contributed by atoms with Crippen LogP contribution in [0, 0.1) is 0 Å². The number of benzene rings is 1. The highest BCUT2D eigenvalue weighted by molar-refractivity contribution is 5.82. The van der Waals surface area contributed by atoms with Crippen molar-refractivity contribution < 1.29 is 14.3 Å². The maximum Gasteiger partial charge on any atom is 0.407 e. The van der Waals surface area contributed by atoms with E-state index in [1.54, 1.807) is 0 Å². The second kappa shape index (κ2) is 8.22. The smallest absolute Gasteiger partial charge is 0.407 e. The number of carbonyl (C=O) groups is 2. The van der Waals surface area contributed by atoms with Crippen molar-refractivity contribution in [1.29, 1.82) is 0 Å². The summed E-state index contributed by atoms with van der Waals surface area (Å²) in [5.74, 6) is -0.186. The zero-order valence-electron chi connectivity index (χ0n) is 12.6. The van der Waals surface area contributed by atoms with Crippen LogP contribution in [0.2, 0.25) is 0 Å². The Kier molecular flexibility index (Phi) is 6.01. The topological polar surface area (TPSA) is 67.4 Å². The quantitative estimate of drug-likeness (QED) is 0.821. The van der Waals surface area contributed by atoms with Crippen LogP contribution < -0.4 is 10.6 Å². The van der Waals surface area contributed by atoms with Crippen LogP contribution in [0.3, 0.4) is 0 Å². The highest BCUT2D eigenvalue weighted by Crippen LogP contribution is 2.21. The third kappa shape index (κ3) is 5.60. The van der Waals surface area contributed by atoms with Crippen LogP contribution >= 0.6 is 0 Å². The molecule has 2 rings (SSSR count). The minimum Gasteiger partial charge on any atom is -0.445 e. The van der Waals surface area contributed by atoms with Gasteiger partial charge in [0.15, 0.2) is 0 Å². The summed E-state index contributed by atoms with van der Waals surface area (Å²) < 4.78 is 5.04. The van der Waals surface area contributed by atoms with Crippen molar-refractivity contribution in [2.75, 3.05) is 6.54 Å². The summed E-state index contributed by atoms with van der Waals surface area (Å²) in [7, 11) is 0. The molecule has 0 atom stereocenters. The number of alkyl carbamates (subject to hydrolysis) is 1. The van der Waals surface area contributed by atoms with E-state index in [1.165, 1.54) is 5.57 Å². The number of amides is 2. The first-order valence-electron chi connectivity index (χ1n) is 7.54. The molecule has 5 nitrogen and oxygen atoms in total. The van der Waals surface area contributed by atoms with E-state index in [2.05, 4.69) is 17.2 Å². The van der Waals surface area contributed by atoms with Crippen molar-refractivity contribution >= 4 is 12.0 Å². The first-order valence-corrected chi connectivity index (χ1v) is 7.54. The number of carbonyl (C=O) groups excluding carboxylic acids is 2. The number of ether oxygens (including phenoxy) is 1. The Morgan fingerprint density at radius 2 is 1.86 bits per heavy atom. The van der Waals surface area contributed by atoms with Crippen molar-refractivity contribution in [3.05, 3.63) is 48.0 Å². The SMILES string of the molecule is C=C1CCC(NC(=O)CNC(=O)OCc2ccccc2)CC1. The summed E-state index contributed by atoms with van der Waals surface area (Å²) in [5, 5.41) is 5.38. The van der Waals surface area contributed by atoms with Gasteiger partial charge in [0.1, 0.15) is 13.2 Å². The summed E-state index contributed by atoms with van der Waals surface area (Å²) in [6.45, 7) is 4.08. The standard InChI is InChI=1S/C17H22N2O3/c1-13-7-9-15(10-8-13)19-16(20)11-18-17(21)22-12-14-5-3-2-4-6-14/h2-6,15H,1,7-12H2,(H,18,21)(H,19,20). The molecular formula is C17H22N2O3. The molecule has 2 amide bonds. The minimum atomic E-state index is -0.587. The molecule has 22 heavy (non-hydrogen) atoms. The van der Waals surface area contributed by atoms with E-state index in [0.29, 0.717) is 0 Å². The molecule has 0 heterocycles. The number of hydrogen-bond donors (Lipinski definition) is 2. The molecule has 0 bridgehead atoms. The van der Waals surface area contributed by atoms with Gasteiger partial charge in [-0.05, 0) is 31.2 Å². The molecular weight excluding hydrogens is 280 g/mol. The number of hydrogen-bond acceptors (Lipinski definition) is 3. The van der Waals surface area contributed by atoms with E-state index in [4.69, 9.17) is 4.74 Å². The molecule has 1 aromatic carbocycles. The van der Waals surface area contributed by atoms with E-state index >= 15 is 0 Å². The van der Waals surface area contributed by atoms with Crippen LogP contribution in [-0.2, 0) is 16.1 Å². The van der Waals surface area contributed by atoms with Crippen LogP contribution in [0.25, 0.3) is 0 Å². The molecule has 1 saturated carbocycles. The van der Waals surface area contributed by atoms with Crippen molar-refractivity contribution in [1.82, 2.24) is 10.6 Å². The van der Waals surface area contributed by atoms with Crippen molar-refractivity contribution in [3.63, 3.8) is 0 Å². The minimum absolute atomic E-state index is 0.0644. The normalized spacial score (nSPS) is 15.2. The lowest BCUT2D eigenvalue weighted by molar-refractivity contribution is -0.121. The average Bonchev–Trinajstić information content (AvgIpc) is 2.54. The van der Waals surface area contributed by atoms with Gasteiger partial charge < -0.3 is 15.4 Å². The molecule has 1 aliphatic carbocycles. The second-order valence-electron chi connectivity index (χ2n) is 5.51. The molecule has 0 saturated heterocycles. The van der Waals surface area contributed by atoms with Crippen LogP contribution in [0.4, 0.5) is 4.79 Å². The van der Waals surface area contributed by atoms with E-state index in [-0.39, 0.29) is 25.1 Å². The van der Waals surface area contributed by atoms with Crippen molar-refractivity contribution in [2.45, 2.75) is 38.3 Å². The maximum atomic E-state index is 11.8. The predicted octanol–water partition coefficient (Wildman–Crippen LogP) is 2.53. The second-order valence-corrected chi connectivity index (χ2v) is 5.51. The molecule has 0 radical (unpaired) electrons. The lowest BCUT2D eigenvalue weighted by Gasteiger charge is -2.24. The fourth-order valence-corrected chi connectivity index (χ4v) is 2.38. The lowest BCUT2D eigenvalue weighted by atomic mass is 9.92. The molecule has 2 N–H and O–H groups in total. The lowest BCUT2D eigenvalue weighted by Crippen LogP contribution is -2.42. The Labute approximate surface area is 130 Å². The van der Waals surface area contributed by atoms with Gasteiger partial charge >= 0.3 is 6.09 Å². The van der Waals surface area contributed by atoms with E-state index < -0.39 is 6.09 Å². The highest BCUT2D eigenvalue weighted by Gasteiger charge is 2.17. The fourth-order valence-electron chi connectivity index (χ4n) is 2.38. The third-order valence-corrected chi connectivity index (χ3v) is 3.66. The molecule has 118 valence electrons. The highest BCUT2D eigenvalue weighted by atomic mass is 16.5. The van der Waals surface area contributed by atoms with E-state index in [1.807, 2.05) is 30.3 Å². The number of nitrogens with one attached hydrogen (secondary N) is 2. The average molecular weight is 302 g/mol. The van der Waals surface area contributed by atoms with Crippen LogP contribution in [0.1, 0.15) is 31.2 Å². The zero-order valence-corrected chi connectivity index (χ0v) is 12.6. The maximum absolute atomic E-state index is 11.8. The fraction of sp³-hybridized carbons (Fsp3) is 0.412. The first-order chi connectivity index (χ1) is 10.6. The Morgan fingerprint density at radius 3 is 2.55 bits per heavy atom.